The zero-order valence-corrected chi connectivity index (χ0v) is 8.07. The fraction of sp³-hybridized carbons (Fsp3) is 0.333. The minimum Gasteiger partial charge on any atom is -0.319 e. The van der Waals surface area contributed by atoms with Gasteiger partial charge in [-0.1, -0.05) is 18.2 Å². The highest BCUT2D eigenvalue weighted by atomic mass is 19.4. The average Bonchev–Trinajstić information content (AvgIpc) is 2.15. The molecule has 0 amide bonds. The Morgan fingerprint density at radius 2 is 1.94 bits per heavy atom. The highest BCUT2D eigenvalue weighted by Gasteiger charge is 2.35. The Bertz CT molecular complexity index is 393. The van der Waals surface area contributed by atoms with Gasteiger partial charge in [0.25, 0.3) is 0 Å². The van der Waals surface area contributed by atoms with E-state index in [4.69, 9.17) is 5.73 Å². The van der Waals surface area contributed by atoms with Crippen LogP contribution in [0.4, 0.5) is 13.2 Å². The van der Waals surface area contributed by atoms with E-state index >= 15 is 0 Å². The number of nitrogens with two attached hydrogens (primary N) is 1. The standard InChI is InChI=1S/C9H9F3N2O2/c10-9(11,12)7-4-2-1-3-6(7)8(13)5-14(15)16/h1-4,8H,5,13H2. The Kier molecular flexibility index (Phi) is 3.48. The van der Waals surface area contributed by atoms with Gasteiger partial charge in [0.05, 0.1) is 11.6 Å². The van der Waals surface area contributed by atoms with Crippen molar-refractivity contribution in [1.29, 1.82) is 0 Å². The van der Waals surface area contributed by atoms with Gasteiger partial charge in [-0.15, -0.1) is 0 Å². The van der Waals surface area contributed by atoms with Crippen LogP contribution >= 0.6 is 0 Å². The summed E-state index contributed by atoms with van der Waals surface area (Å²) in [6.07, 6.45) is -4.55. The molecule has 0 aliphatic rings. The van der Waals surface area contributed by atoms with Crippen LogP contribution < -0.4 is 5.73 Å². The third-order valence-corrected chi connectivity index (χ3v) is 2.01. The first-order valence-corrected chi connectivity index (χ1v) is 4.36. The molecule has 1 atom stereocenters. The molecule has 2 N–H and O–H groups in total. The zero-order valence-electron chi connectivity index (χ0n) is 8.07. The molecule has 4 nitrogen and oxygen atoms in total. The van der Waals surface area contributed by atoms with Crippen LogP contribution in [0.1, 0.15) is 17.2 Å². The molecule has 88 valence electrons. The molecule has 1 aromatic rings. The van der Waals surface area contributed by atoms with Crippen molar-refractivity contribution in [1.82, 2.24) is 0 Å². The SMILES string of the molecule is NC(C[N+](=O)[O-])c1ccccc1C(F)(F)F. The Balaban J connectivity index is 3.08. The van der Waals surface area contributed by atoms with Crippen molar-refractivity contribution in [3.63, 3.8) is 0 Å². The maximum atomic E-state index is 12.5. The van der Waals surface area contributed by atoms with Crippen molar-refractivity contribution < 1.29 is 18.1 Å². The molecule has 0 heterocycles. The average molecular weight is 234 g/mol. The van der Waals surface area contributed by atoms with Gasteiger partial charge in [-0.2, -0.15) is 13.2 Å². The van der Waals surface area contributed by atoms with Gasteiger partial charge in [-0.3, -0.25) is 10.1 Å². The topological polar surface area (TPSA) is 69.2 Å². The van der Waals surface area contributed by atoms with E-state index < -0.39 is 29.2 Å². The lowest BCUT2D eigenvalue weighted by Crippen LogP contribution is -2.23. The van der Waals surface area contributed by atoms with Crippen LogP contribution in [0.25, 0.3) is 0 Å². The lowest BCUT2D eigenvalue weighted by Gasteiger charge is -2.15. The van der Waals surface area contributed by atoms with E-state index in [0.29, 0.717) is 0 Å². The molecule has 0 radical (unpaired) electrons. The van der Waals surface area contributed by atoms with Crippen molar-refractivity contribution in [3.05, 3.63) is 45.5 Å². The summed E-state index contributed by atoms with van der Waals surface area (Å²) in [4.78, 5) is 9.45. The molecule has 1 rings (SSSR count). The third-order valence-electron chi connectivity index (χ3n) is 2.01. The van der Waals surface area contributed by atoms with E-state index in [0.717, 1.165) is 12.1 Å². The van der Waals surface area contributed by atoms with Crippen molar-refractivity contribution in [2.45, 2.75) is 12.2 Å². The predicted molar refractivity (Wildman–Crippen MR) is 50.2 cm³/mol. The normalized spacial score (nSPS) is 13.5. The molecule has 0 spiro atoms. The molecule has 1 aromatic carbocycles. The van der Waals surface area contributed by atoms with Crippen LogP contribution in [0.3, 0.4) is 0 Å². The number of hydrogen-bond donors (Lipinski definition) is 1. The summed E-state index contributed by atoms with van der Waals surface area (Å²) in [5.41, 5.74) is 4.17. The summed E-state index contributed by atoms with van der Waals surface area (Å²) in [5, 5.41) is 10.2. The first-order valence-electron chi connectivity index (χ1n) is 4.36. The van der Waals surface area contributed by atoms with Gasteiger partial charge in [-0.05, 0) is 11.6 Å². The number of nitro groups is 1. The molecule has 1 unspecified atom stereocenters. The molecule has 0 fully saturated rings. The summed E-state index contributed by atoms with van der Waals surface area (Å²) in [5.74, 6) is 0. The van der Waals surface area contributed by atoms with Gasteiger partial charge in [0, 0.05) is 4.92 Å². The molecule has 16 heavy (non-hydrogen) atoms. The molecule has 7 heteroatoms. The Morgan fingerprint density at radius 3 is 2.44 bits per heavy atom. The Morgan fingerprint density at radius 1 is 1.38 bits per heavy atom. The van der Waals surface area contributed by atoms with E-state index in [-0.39, 0.29) is 5.56 Å². The quantitative estimate of drug-likeness (QED) is 0.642. The highest BCUT2D eigenvalue weighted by molar-refractivity contribution is 5.32. The summed E-state index contributed by atoms with van der Waals surface area (Å²) >= 11 is 0. The van der Waals surface area contributed by atoms with Crippen molar-refractivity contribution in [2.75, 3.05) is 6.54 Å². The predicted octanol–water partition coefficient (Wildman–Crippen LogP) is 1.98. The third kappa shape index (κ3) is 2.93. The van der Waals surface area contributed by atoms with Crippen LogP contribution in [-0.2, 0) is 6.18 Å². The lowest BCUT2D eigenvalue weighted by atomic mass is 10.0. The highest BCUT2D eigenvalue weighted by Crippen LogP contribution is 2.33. The minimum atomic E-state index is -4.55. The van der Waals surface area contributed by atoms with E-state index in [1.165, 1.54) is 12.1 Å². The van der Waals surface area contributed by atoms with E-state index in [1.807, 2.05) is 0 Å². The molecular formula is C9H9F3N2O2. The van der Waals surface area contributed by atoms with E-state index in [9.17, 15) is 23.3 Å². The van der Waals surface area contributed by atoms with Crippen LogP contribution in [0, 0.1) is 10.1 Å². The molecule has 0 aliphatic carbocycles. The lowest BCUT2D eigenvalue weighted by molar-refractivity contribution is -0.483. The van der Waals surface area contributed by atoms with Gasteiger partial charge in [-0.25, -0.2) is 0 Å². The van der Waals surface area contributed by atoms with Gasteiger partial charge in [0.2, 0.25) is 6.54 Å². The molecular weight excluding hydrogens is 225 g/mol. The van der Waals surface area contributed by atoms with Gasteiger partial charge in [0.15, 0.2) is 0 Å². The first kappa shape index (κ1) is 12.4. The first-order chi connectivity index (χ1) is 7.32. The molecule has 0 aromatic heterocycles. The fourth-order valence-corrected chi connectivity index (χ4v) is 1.34. The summed E-state index contributed by atoms with van der Waals surface area (Å²) < 4.78 is 37.6. The monoisotopic (exact) mass is 234 g/mol. The fourth-order valence-electron chi connectivity index (χ4n) is 1.34. The number of rotatable bonds is 3. The van der Waals surface area contributed by atoms with Crippen LogP contribution in [0.2, 0.25) is 0 Å². The van der Waals surface area contributed by atoms with Crippen molar-refractivity contribution in [2.24, 2.45) is 5.73 Å². The Labute approximate surface area is 89.0 Å². The molecule has 0 saturated carbocycles. The van der Waals surface area contributed by atoms with Crippen LogP contribution in [0.15, 0.2) is 24.3 Å². The van der Waals surface area contributed by atoms with Crippen LogP contribution in [0.5, 0.6) is 0 Å². The number of hydrogen-bond acceptors (Lipinski definition) is 3. The largest absolute Gasteiger partial charge is 0.416 e. The minimum absolute atomic E-state index is 0.258. The van der Waals surface area contributed by atoms with E-state index in [2.05, 4.69) is 0 Å². The van der Waals surface area contributed by atoms with E-state index in [1.54, 1.807) is 0 Å². The molecule has 0 aliphatic heterocycles. The zero-order chi connectivity index (χ0) is 12.3. The van der Waals surface area contributed by atoms with Gasteiger partial charge < -0.3 is 5.73 Å². The molecule has 0 saturated heterocycles. The van der Waals surface area contributed by atoms with Gasteiger partial charge >= 0.3 is 6.18 Å². The maximum absolute atomic E-state index is 12.5. The number of nitrogens with zero attached hydrogens (tertiary/aromatic N) is 1. The van der Waals surface area contributed by atoms with Crippen molar-refractivity contribution in [3.8, 4) is 0 Å². The number of alkyl halides is 3. The second-order valence-electron chi connectivity index (χ2n) is 3.21. The second-order valence-corrected chi connectivity index (χ2v) is 3.21. The number of halogens is 3. The summed E-state index contributed by atoms with van der Waals surface area (Å²) in [6.45, 7) is -0.729. The van der Waals surface area contributed by atoms with Crippen LogP contribution in [-0.4, -0.2) is 11.5 Å². The number of benzene rings is 1. The second kappa shape index (κ2) is 4.48. The summed E-state index contributed by atoms with van der Waals surface area (Å²) in [7, 11) is 0. The maximum Gasteiger partial charge on any atom is 0.416 e. The summed E-state index contributed by atoms with van der Waals surface area (Å²) in [6, 6.07) is 3.33. The Hall–Kier alpha value is -1.63. The molecule has 0 bridgehead atoms. The van der Waals surface area contributed by atoms with Crippen molar-refractivity contribution >= 4 is 0 Å². The smallest absolute Gasteiger partial charge is 0.319 e. The van der Waals surface area contributed by atoms with Gasteiger partial charge in [0.1, 0.15) is 0 Å².